The van der Waals surface area contributed by atoms with Crippen molar-refractivity contribution in [3.05, 3.63) is 53.3 Å². The van der Waals surface area contributed by atoms with Gasteiger partial charge in [0.1, 0.15) is 11.4 Å². The highest BCUT2D eigenvalue weighted by Gasteiger charge is 2.44. The lowest BCUT2D eigenvalue weighted by molar-refractivity contribution is -0.143. The zero-order chi connectivity index (χ0) is 29.2. The van der Waals surface area contributed by atoms with E-state index in [4.69, 9.17) is 9.47 Å². The summed E-state index contributed by atoms with van der Waals surface area (Å²) in [6.07, 6.45) is -11.8. The summed E-state index contributed by atoms with van der Waals surface area (Å²) in [5.41, 5.74) is -4.37. The summed E-state index contributed by atoms with van der Waals surface area (Å²) in [5.74, 6) is -1.90. The molecule has 2 aromatic carbocycles. The third-order valence-corrected chi connectivity index (χ3v) is 6.49. The number of carbonyl (C=O) groups is 2. The number of nitrogens with one attached hydrogen (secondary N) is 1. The number of anilines is 2. The normalized spacial score (nSPS) is 18.3. The lowest BCUT2D eigenvalue weighted by Gasteiger charge is -2.27. The molecule has 4 rings (SSSR count). The number of amides is 3. The molecule has 1 unspecified atom stereocenters. The molecule has 0 bridgehead atoms. The Morgan fingerprint density at radius 2 is 1.80 bits per heavy atom. The monoisotopic (exact) mass is 578 g/mol. The van der Waals surface area contributed by atoms with Crippen molar-refractivity contribution in [2.75, 3.05) is 56.2 Å². The standard InChI is InChI=1S/C25H25F7N4O4/c1-34(17-4-2-16(26)3-5-17)23(38)40-21-19(25(30,31)32)12-15(24(27,28)29)13-20(21)36-10-9-35(22(36)37)8-6-18-14-33-7-11-39-18/h2-5,12-13,18,33H,6-11,14H2,1H3. The molecule has 2 aliphatic heterocycles. The van der Waals surface area contributed by atoms with Gasteiger partial charge in [-0.05, 0) is 42.8 Å². The van der Waals surface area contributed by atoms with Crippen LogP contribution in [0.15, 0.2) is 36.4 Å². The van der Waals surface area contributed by atoms with Gasteiger partial charge in [-0.3, -0.25) is 9.80 Å². The molecular weight excluding hydrogens is 553 g/mol. The van der Waals surface area contributed by atoms with Crippen molar-refractivity contribution in [1.82, 2.24) is 10.2 Å². The Kier molecular flexibility index (Phi) is 8.44. The Hall–Kier alpha value is -3.59. The number of hydrogen-bond acceptors (Lipinski definition) is 5. The summed E-state index contributed by atoms with van der Waals surface area (Å²) >= 11 is 0. The predicted molar refractivity (Wildman–Crippen MR) is 129 cm³/mol. The Labute approximate surface area is 224 Å². The van der Waals surface area contributed by atoms with Crippen molar-refractivity contribution in [2.24, 2.45) is 0 Å². The van der Waals surface area contributed by atoms with E-state index in [2.05, 4.69) is 5.32 Å². The molecule has 2 saturated heterocycles. The van der Waals surface area contributed by atoms with Crippen LogP contribution in [0.1, 0.15) is 17.5 Å². The molecule has 0 radical (unpaired) electrons. The van der Waals surface area contributed by atoms with E-state index in [1.807, 2.05) is 0 Å². The van der Waals surface area contributed by atoms with Crippen molar-refractivity contribution in [2.45, 2.75) is 24.9 Å². The number of ether oxygens (including phenoxy) is 2. The number of rotatable bonds is 6. The van der Waals surface area contributed by atoms with Crippen molar-refractivity contribution in [3.8, 4) is 5.75 Å². The number of carbonyl (C=O) groups excluding carboxylic acids is 2. The molecule has 1 atom stereocenters. The van der Waals surface area contributed by atoms with Crippen LogP contribution in [0.5, 0.6) is 5.75 Å². The highest BCUT2D eigenvalue weighted by molar-refractivity contribution is 5.97. The van der Waals surface area contributed by atoms with Gasteiger partial charge in [0.25, 0.3) is 0 Å². The fraction of sp³-hybridized carbons (Fsp3) is 0.440. The molecule has 1 N–H and O–H groups in total. The van der Waals surface area contributed by atoms with Gasteiger partial charge in [-0.25, -0.2) is 14.0 Å². The second-order valence-electron chi connectivity index (χ2n) is 9.18. The molecule has 0 spiro atoms. The van der Waals surface area contributed by atoms with E-state index in [0.717, 1.165) is 41.1 Å². The lowest BCUT2D eigenvalue weighted by Crippen LogP contribution is -2.41. The van der Waals surface area contributed by atoms with Crippen LogP contribution in [0.4, 0.5) is 51.7 Å². The first-order valence-electron chi connectivity index (χ1n) is 12.2. The minimum atomic E-state index is -5.38. The number of alkyl halides is 6. The van der Waals surface area contributed by atoms with Gasteiger partial charge in [-0.1, -0.05) is 0 Å². The zero-order valence-electron chi connectivity index (χ0n) is 21.1. The second-order valence-corrected chi connectivity index (χ2v) is 9.18. The molecule has 0 aliphatic carbocycles. The van der Waals surface area contributed by atoms with Gasteiger partial charge >= 0.3 is 24.5 Å². The average molecular weight is 578 g/mol. The first-order valence-corrected chi connectivity index (χ1v) is 12.2. The van der Waals surface area contributed by atoms with Crippen LogP contribution in [-0.2, 0) is 17.1 Å². The molecule has 15 heteroatoms. The van der Waals surface area contributed by atoms with Gasteiger partial charge in [-0.15, -0.1) is 0 Å². The number of halogens is 7. The van der Waals surface area contributed by atoms with Crippen LogP contribution in [0.3, 0.4) is 0 Å². The smallest absolute Gasteiger partial charge is 0.407 e. The molecule has 3 amide bonds. The lowest BCUT2D eigenvalue weighted by atomic mass is 10.1. The summed E-state index contributed by atoms with van der Waals surface area (Å²) in [6, 6.07) is 3.64. The molecule has 2 aliphatic rings. The molecular formula is C25H25F7N4O4. The first kappa shape index (κ1) is 29.4. The van der Waals surface area contributed by atoms with E-state index < -0.39 is 52.9 Å². The van der Waals surface area contributed by atoms with Crippen molar-refractivity contribution >= 4 is 23.5 Å². The van der Waals surface area contributed by atoms with Gasteiger partial charge in [0.05, 0.1) is 24.0 Å². The number of urea groups is 1. The minimum absolute atomic E-state index is 0.0133. The molecule has 2 aromatic rings. The van der Waals surface area contributed by atoms with Gasteiger partial charge in [0.2, 0.25) is 0 Å². The maximum atomic E-state index is 14.1. The first-order chi connectivity index (χ1) is 18.8. The van der Waals surface area contributed by atoms with E-state index in [1.54, 1.807) is 0 Å². The molecule has 2 heterocycles. The van der Waals surface area contributed by atoms with Crippen LogP contribution in [0.25, 0.3) is 0 Å². The predicted octanol–water partition coefficient (Wildman–Crippen LogP) is 5.12. The van der Waals surface area contributed by atoms with Gasteiger partial charge in [0.15, 0.2) is 5.75 Å². The third-order valence-electron chi connectivity index (χ3n) is 6.49. The summed E-state index contributed by atoms with van der Waals surface area (Å²) < 4.78 is 107. The number of morpholine rings is 1. The summed E-state index contributed by atoms with van der Waals surface area (Å²) in [5, 5.41) is 3.12. The Morgan fingerprint density at radius 1 is 1.10 bits per heavy atom. The topological polar surface area (TPSA) is 74.3 Å². The highest BCUT2D eigenvalue weighted by Crippen LogP contribution is 2.47. The Morgan fingerprint density at radius 3 is 2.40 bits per heavy atom. The van der Waals surface area contributed by atoms with Gasteiger partial charge < -0.3 is 19.7 Å². The van der Waals surface area contributed by atoms with Gasteiger partial charge in [0, 0.05) is 45.5 Å². The van der Waals surface area contributed by atoms with Crippen LogP contribution in [0, 0.1) is 5.82 Å². The van der Waals surface area contributed by atoms with Crippen molar-refractivity contribution in [3.63, 3.8) is 0 Å². The van der Waals surface area contributed by atoms with Crippen LogP contribution in [-0.4, -0.2) is 69.5 Å². The highest BCUT2D eigenvalue weighted by atomic mass is 19.4. The second kappa shape index (κ2) is 11.5. The third kappa shape index (κ3) is 6.58. The fourth-order valence-corrected chi connectivity index (χ4v) is 4.34. The SMILES string of the molecule is CN(C(=O)Oc1c(N2CCN(CCC3CNCCO3)C2=O)cc(C(F)(F)F)cc1C(F)(F)F)c1ccc(F)cc1. The number of benzene rings is 2. The summed E-state index contributed by atoms with van der Waals surface area (Å²) in [6.45, 7) is 1.59. The zero-order valence-corrected chi connectivity index (χ0v) is 21.1. The van der Waals surface area contributed by atoms with E-state index in [1.165, 1.54) is 4.90 Å². The maximum Gasteiger partial charge on any atom is 0.420 e. The van der Waals surface area contributed by atoms with E-state index in [0.29, 0.717) is 32.2 Å². The van der Waals surface area contributed by atoms with Crippen molar-refractivity contribution < 1.29 is 49.8 Å². The molecule has 0 aromatic heterocycles. The molecule has 40 heavy (non-hydrogen) atoms. The van der Waals surface area contributed by atoms with Crippen LogP contribution in [0.2, 0.25) is 0 Å². The van der Waals surface area contributed by atoms with E-state index in [-0.39, 0.29) is 37.5 Å². The van der Waals surface area contributed by atoms with Crippen LogP contribution >= 0.6 is 0 Å². The Bertz CT molecular complexity index is 1230. The molecule has 0 saturated carbocycles. The summed E-state index contributed by atoms with van der Waals surface area (Å²) in [7, 11) is 1.12. The number of nitrogens with zero attached hydrogens (tertiary/aromatic N) is 3. The molecule has 218 valence electrons. The Balaban J connectivity index is 1.68. The minimum Gasteiger partial charge on any atom is -0.407 e. The quantitative estimate of drug-likeness (QED) is 0.482. The fourth-order valence-electron chi connectivity index (χ4n) is 4.34. The van der Waals surface area contributed by atoms with E-state index in [9.17, 15) is 40.3 Å². The maximum absolute atomic E-state index is 14.1. The average Bonchev–Trinajstić information content (AvgIpc) is 3.26. The van der Waals surface area contributed by atoms with Crippen LogP contribution < -0.4 is 19.9 Å². The number of hydrogen-bond donors (Lipinski definition) is 1. The largest absolute Gasteiger partial charge is 0.420 e. The van der Waals surface area contributed by atoms with E-state index >= 15 is 0 Å². The summed E-state index contributed by atoms with van der Waals surface area (Å²) in [4.78, 5) is 28.8. The molecule has 8 nitrogen and oxygen atoms in total. The van der Waals surface area contributed by atoms with Crippen molar-refractivity contribution in [1.29, 1.82) is 0 Å². The molecule has 2 fully saturated rings. The van der Waals surface area contributed by atoms with Gasteiger partial charge in [-0.2, -0.15) is 26.3 Å².